The van der Waals surface area contributed by atoms with Crippen LogP contribution in [0.25, 0.3) is 16.6 Å². The van der Waals surface area contributed by atoms with Crippen molar-refractivity contribution in [2.24, 2.45) is 0 Å². The van der Waals surface area contributed by atoms with Gasteiger partial charge in [0.15, 0.2) is 0 Å². The number of para-hydroxylation sites is 1. The number of hydrogen-bond donors (Lipinski definition) is 1. The van der Waals surface area contributed by atoms with E-state index in [-0.39, 0.29) is 21.2 Å². The molecule has 0 spiro atoms. The van der Waals surface area contributed by atoms with Crippen LogP contribution in [-0.4, -0.2) is 18.0 Å². The third-order valence-corrected chi connectivity index (χ3v) is 6.20. The van der Waals surface area contributed by atoms with Crippen LogP contribution < -0.4 is 10.3 Å². The minimum atomic E-state index is -4.09. The molecular formula is C21H15ClFN3O3S. The van der Waals surface area contributed by atoms with Gasteiger partial charge in [0, 0.05) is 0 Å². The summed E-state index contributed by atoms with van der Waals surface area (Å²) in [7, 11) is -4.09. The Labute approximate surface area is 176 Å². The standard InChI is InChI=1S/C21H15ClFN3O3S/c1-13-24-19-8-3-2-7-17(19)21(27)26(13)15-9-10-18(22)20(12-15)25-30(28,29)16-6-4-5-14(23)11-16/h2-12,25H,1H3. The number of aromatic nitrogens is 2. The molecule has 9 heteroatoms. The van der Waals surface area contributed by atoms with Gasteiger partial charge in [-0.05, 0) is 55.5 Å². The van der Waals surface area contributed by atoms with E-state index in [0.29, 0.717) is 22.4 Å². The van der Waals surface area contributed by atoms with Crippen molar-refractivity contribution < 1.29 is 12.8 Å². The normalized spacial score (nSPS) is 11.6. The molecule has 1 aromatic heterocycles. The highest BCUT2D eigenvalue weighted by Crippen LogP contribution is 2.27. The van der Waals surface area contributed by atoms with Gasteiger partial charge in [-0.15, -0.1) is 0 Å². The van der Waals surface area contributed by atoms with Gasteiger partial charge in [0.2, 0.25) is 0 Å². The summed E-state index contributed by atoms with van der Waals surface area (Å²) in [4.78, 5) is 17.2. The molecule has 0 aliphatic rings. The summed E-state index contributed by atoms with van der Waals surface area (Å²) >= 11 is 6.18. The minimum Gasteiger partial charge on any atom is -0.278 e. The first-order valence-corrected chi connectivity index (χ1v) is 10.7. The molecule has 1 N–H and O–H groups in total. The molecule has 0 bridgehead atoms. The predicted molar refractivity (Wildman–Crippen MR) is 114 cm³/mol. The number of anilines is 1. The van der Waals surface area contributed by atoms with Crippen LogP contribution in [0.3, 0.4) is 0 Å². The van der Waals surface area contributed by atoms with Gasteiger partial charge in [0.1, 0.15) is 11.6 Å². The van der Waals surface area contributed by atoms with Crippen LogP contribution in [0.15, 0.2) is 76.4 Å². The zero-order valence-electron chi connectivity index (χ0n) is 15.6. The first-order chi connectivity index (χ1) is 14.3. The van der Waals surface area contributed by atoms with E-state index in [1.807, 2.05) is 0 Å². The van der Waals surface area contributed by atoms with Gasteiger partial charge in [-0.25, -0.2) is 17.8 Å². The number of halogens is 2. The smallest absolute Gasteiger partial charge is 0.265 e. The number of nitrogens with one attached hydrogen (secondary N) is 1. The van der Waals surface area contributed by atoms with Crippen LogP contribution in [0.1, 0.15) is 5.82 Å². The van der Waals surface area contributed by atoms with Crippen LogP contribution in [0, 0.1) is 12.7 Å². The summed E-state index contributed by atoms with van der Waals surface area (Å²) in [6.45, 7) is 1.68. The molecule has 0 atom stereocenters. The molecule has 3 aromatic carbocycles. The summed E-state index contributed by atoms with van der Waals surface area (Å²) in [6, 6.07) is 16.1. The third kappa shape index (κ3) is 3.67. The highest BCUT2D eigenvalue weighted by atomic mass is 35.5. The summed E-state index contributed by atoms with van der Waals surface area (Å²) < 4.78 is 42.5. The van der Waals surface area contributed by atoms with Crippen LogP contribution in [0.2, 0.25) is 5.02 Å². The second-order valence-electron chi connectivity index (χ2n) is 6.54. The van der Waals surface area contributed by atoms with E-state index in [0.717, 1.165) is 12.1 Å². The van der Waals surface area contributed by atoms with Crippen molar-refractivity contribution in [3.05, 3.63) is 93.7 Å². The molecular weight excluding hydrogens is 429 g/mol. The average molecular weight is 444 g/mol. The molecule has 0 fully saturated rings. The van der Waals surface area contributed by atoms with Crippen LogP contribution in [-0.2, 0) is 10.0 Å². The van der Waals surface area contributed by atoms with Crippen LogP contribution in [0.4, 0.5) is 10.1 Å². The number of nitrogens with zero attached hydrogens (tertiary/aromatic N) is 2. The van der Waals surface area contributed by atoms with Crippen molar-refractivity contribution in [3.63, 3.8) is 0 Å². The SMILES string of the molecule is Cc1nc2ccccc2c(=O)n1-c1ccc(Cl)c(NS(=O)(=O)c2cccc(F)c2)c1. The molecule has 152 valence electrons. The summed E-state index contributed by atoms with van der Waals surface area (Å²) in [6.07, 6.45) is 0. The van der Waals surface area contributed by atoms with E-state index >= 15 is 0 Å². The average Bonchev–Trinajstić information content (AvgIpc) is 2.70. The Balaban J connectivity index is 1.82. The Hall–Kier alpha value is -3.23. The third-order valence-electron chi connectivity index (χ3n) is 4.50. The fraction of sp³-hybridized carbons (Fsp3) is 0.0476. The maximum absolute atomic E-state index is 13.5. The molecule has 0 saturated carbocycles. The maximum atomic E-state index is 13.5. The first-order valence-electron chi connectivity index (χ1n) is 8.83. The van der Waals surface area contributed by atoms with Crippen molar-refractivity contribution >= 4 is 38.2 Å². The van der Waals surface area contributed by atoms with Gasteiger partial charge in [-0.2, -0.15) is 0 Å². The molecule has 6 nitrogen and oxygen atoms in total. The largest absolute Gasteiger partial charge is 0.278 e. The molecule has 0 radical (unpaired) electrons. The monoisotopic (exact) mass is 443 g/mol. The Kier molecular flexibility index (Phi) is 5.05. The van der Waals surface area contributed by atoms with Gasteiger partial charge in [0.05, 0.1) is 32.2 Å². The van der Waals surface area contributed by atoms with E-state index in [9.17, 15) is 17.6 Å². The fourth-order valence-electron chi connectivity index (χ4n) is 3.12. The lowest BCUT2D eigenvalue weighted by Crippen LogP contribution is -2.22. The lowest BCUT2D eigenvalue weighted by molar-refractivity contribution is 0.595. The van der Waals surface area contributed by atoms with Crippen molar-refractivity contribution in [1.29, 1.82) is 0 Å². The molecule has 1 heterocycles. The number of rotatable bonds is 4. The number of hydrogen-bond acceptors (Lipinski definition) is 4. The van der Waals surface area contributed by atoms with E-state index in [1.54, 1.807) is 37.3 Å². The zero-order chi connectivity index (χ0) is 21.5. The maximum Gasteiger partial charge on any atom is 0.265 e. The van der Waals surface area contributed by atoms with E-state index < -0.39 is 15.8 Å². The van der Waals surface area contributed by atoms with E-state index in [1.165, 1.54) is 28.8 Å². The van der Waals surface area contributed by atoms with Crippen molar-refractivity contribution in [2.75, 3.05) is 4.72 Å². The highest BCUT2D eigenvalue weighted by molar-refractivity contribution is 7.92. The highest BCUT2D eigenvalue weighted by Gasteiger charge is 2.18. The van der Waals surface area contributed by atoms with Gasteiger partial charge in [0.25, 0.3) is 15.6 Å². The predicted octanol–water partition coefficient (Wildman–Crippen LogP) is 4.29. The topological polar surface area (TPSA) is 81.1 Å². The van der Waals surface area contributed by atoms with Gasteiger partial charge in [-0.3, -0.25) is 14.1 Å². The van der Waals surface area contributed by atoms with Gasteiger partial charge < -0.3 is 0 Å². The van der Waals surface area contributed by atoms with Crippen molar-refractivity contribution in [2.45, 2.75) is 11.8 Å². The molecule has 30 heavy (non-hydrogen) atoms. The molecule has 0 aliphatic heterocycles. The Morgan fingerprint density at radius 2 is 1.80 bits per heavy atom. The molecule has 0 aliphatic carbocycles. The minimum absolute atomic E-state index is 0.0536. The van der Waals surface area contributed by atoms with E-state index in [2.05, 4.69) is 9.71 Å². The quantitative estimate of drug-likeness (QED) is 0.510. The Morgan fingerprint density at radius 1 is 1.03 bits per heavy atom. The molecule has 0 unspecified atom stereocenters. The Morgan fingerprint density at radius 3 is 2.57 bits per heavy atom. The summed E-state index contributed by atoms with van der Waals surface area (Å²) in [5.41, 5.74) is 0.714. The summed E-state index contributed by atoms with van der Waals surface area (Å²) in [5.74, 6) is -0.248. The number of benzene rings is 3. The second-order valence-corrected chi connectivity index (χ2v) is 8.63. The zero-order valence-corrected chi connectivity index (χ0v) is 17.2. The van der Waals surface area contributed by atoms with Gasteiger partial charge in [-0.1, -0.05) is 29.8 Å². The molecule has 4 rings (SSSR count). The number of fused-ring (bicyclic) bond motifs is 1. The molecule has 0 saturated heterocycles. The molecule has 4 aromatic rings. The first kappa shape index (κ1) is 20.1. The fourth-order valence-corrected chi connectivity index (χ4v) is 4.44. The van der Waals surface area contributed by atoms with Crippen LogP contribution >= 0.6 is 11.6 Å². The number of sulfonamides is 1. The second kappa shape index (κ2) is 7.55. The summed E-state index contributed by atoms with van der Waals surface area (Å²) in [5, 5.41) is 0.554. The lowest BCUT2D eigenvalue weighted by atomic mass is 10.2. The lowest BCUT2D eigenvalue weighted by Gasteiger charge is -2.14. The van der Waals surface area contributed by atoms with Gasteiger partial charge >= 0.3 is 0 Å². The van der Waals surface area contributed by atoms with Crippen molar-refractivity contribution in [3.8, 4) is 5.69 Å². The molecule has 0 amide bonds. The van der Waals surface area contributed by atoms with E-state index in [4.69, 9.17) is 11.6 Å². The number of aryl methyl sites for hydroxylation is 1. The van der Waals surface area contributed by atoms with Crippen molar-refractivity contribution in [1.82, 2.24) is 9.55 Å². The van der Waals surface area contributed by atoms with Crippen LogP contribution in [0.5, 0.6) is 0 Å². The Bertz CT molecular complexity index is 1450.